The first-order chi connectivity index (χ1) is 7.26. The van der Waals surface area contributed by atoms with Gasteiger partial charge in [0.15, 0.2) is 6.29 Å². The SMILES string of the molecule is NC1[C@@H](OP(=O)([O-])O)OC(CO)[C@@H](O)[C@@H]1O. The van der Waals surface area contributed by atoms with Crippen molar-refractivity contribution in [3.8, 4) is 0 Å². The number of hydrogen-bond acceptors (Lipinski definition) is 8. The average Bonchev–Trinajstić information content (AvgIpc) is 2.17. The summed E-state index contributed by atoms with van der Waals surface area (Å²) in [5.74, 6) is 0. The third-order valence-corrected chi connectivity index (χ3v) is 2.64. The Bertz CT molecular complexity index is 280. The summed E-state index contributed by atoms with van der Waals surface area (Å²) in [5.41, 5.74) is 5.32. The van der Waals surface area contributed by atoms with Crippen LogP contribution < -0.4 is 10.6 Å². The number of rotatable bonds is 3. The van der Waals surface area contributed by atoms with Crippen LogP contribution in [-0.2, 0) is 13.8 Å². The first-order valence-corrected chi connectivity index (χ1v) is 5.86. The van der Waals surface area contributed by atoms with E-state index in [2.05, 4.69) is 4.52 Å². The molecule has 1 saturated heterocycles. The minimum absolute atomic E-state index is 0.667. The standard InChI is InChI=1S/C6H14NO8P/c7-3-5(10)4(9)2(1-8)14-6(3)15-16(11,12)13/h2-6,8-10H,1,7H2,(H2,11,12,13)/p-1/t2?,3?,4-,5-,6-/m1/s1. The van der Waals surface area contributed by atoms with E-state index < -0.39 is 45.1 Å². The first kappa shape index (κ1) is 14.0. The lowest BCUT2D eigenvalue weighted by Gasteiger charge is -2.41. The molecule has 1 fully saturated rings. The average molecular weight is 258 g/mol. The van der Waals surface area contributed by atoms with Crippen molar-refractivity contribution in [1.29, 1.82) is 0 Å². The van der Waals surface area contributed by atoms with Crippen molar-refractivity contribution in [2.45, 2.75) is 30.6 Å². The van der Waals surface area contributed by atoms with Crippen LogP contribution in [0.5, 0.6) is 0 Å². The van der Waals surface area contributed by atoms with Gasteiger partial charge in [0.2, 0.25) is 0 Å². The highest BCUT2D eigenvalue weighted by atomic mass is 31.2. The fourth-order valence-corrected chi connectivity index (χ4v) is 1.78. The van der Waals surface area contributed by atoms with Crippen LogP contribution in [0, 0.1) is 0 Å². The van der Waals surface area contributed by atoms with Gasteiger partial charge in [-0.3, -0.25) is 9.09 Å². The van der Waals surface area contributed by atoms with Crippen molar-refractivity contribution >= 4 is 7.82 Å². The highest BCUT2D eigenvalue weighted by molar-refractivity contribution is 7.44. The summed E-state index contributed by atoms with van der Waals surface area (Å²) in [4.78, 5) is 18.9. The minimum Gasteiger partial charge on any atom is -0.756 e. The zero-order chi connectivity index (χ0) is 12.5. The predicted molar refractivity (Wildman–Crippen MR) is 46.6 cm³/mol. The van der Waals surface area contributed by atoms with E-state index in [-0.39, 0.29) is 0 Å². The number of ether oxygens (including phenoxy) is 1. The zero-order valence-electron chi connectivity index (χ0n) is 8.04. The molecule has 0 aromatic rings. The topological polar surface area (TPSA) is 166 Å². The highest BCUT2D eigenvalue weighted by Gasteiger charge is 2.44. The van der Waals surface area contributed by atoms with E-state index in [1.165, 1.54) is 0 Å². The molecule has 6 atom stereocenters. The third kappa shape index (κ3) is 3.20. The van der Waals surface area contributed by atoms with E-state index in [9.17, 15) is 19.7 Å². The van der Waals surface area contributed by atoms with E-state index in [4.69, 9.17) is 20.5 Å². The fraction of sp³-hybridized carbons (Fsp3) is 1.00. The number of aliphatic hydroxyl groups excluding tert-OH is 3. The van der Waals surface area contributed by atoms with Crippen LogP contribution in [0.15, 0.2) is 0 Å². The molecule has 16 heavy (non-hydrogen) atoms. The smallest absolute Gasteiger partial charge is 0.267 e. The molecule has 96 valence electrons. The molecule has 0 saturated carbocycles. The first-order valence-electron chi connectivity index (χ1n) is 4.36. The Morgan fingerprint density at radius 3 is 2.44 bits per heavy atom. The number of hydrogen-bond donors (Lipinski definition) is 5. The van der Waals surface area contributed by atoms with E-state index in [1.54, 1.807) is 0 Å². The van der Waals surface area contributed by atoms with Crippen LogP contribution in [0.3, 0.4) is 0 Å². The normalized spacial score (nSPS) is 44.0. The van der Waals surface area contributed by atoms with Crippen molar-refractivity contribution in [1.82, 2.24) is 0 Å². The van der Waals surface area contributed by atoms with Gasteiger partial charge in [-0.05, 0) is 0 Å². The summed E-state index contributed by atoms with van der Waals surface area (Å²) >= 11 is 0. The minimum atomic E-state index is -5.08. The summed E-state index contributed by atoms with van der Waals surface area (Å²) < 4.78 is 19.3. The third-order valence-electron chi connectivity index (χ3n) is 2.17. The zero-order valence-corrected chi connectivity index (χ0v) is 8.93. The number of nitrogens with two attached hydrogens (primary N) is 1. The van der Waals surface area contributed by atoms with Crippen LogP contribution in [0.1, 0.15) is 0 Å². The summed E-state index contributed by atoms with van der Waals surface area (Å²) in [5, 5.41) is 27.5. The summed E-state index contributed by atoms with van der Waals surface area (Å²) in [6, 6.07) is -1.37. The predicted octanol–water partition coefficient (Wildman–Crippen LogP) is -3.77. The van der Waals surface area contributed by atoms with Gasteiger partial charge in [0.25, 0.3) is 7.82 Å². The molecule has 1 aliphatic heterocycles. The molecule has 0 amide bonds. The van der Waals surface area contributed by atoms with Crippen molar-refractivity contribution in [3.05, 3.63) is 0 Å². The van der Waals surface area contributed by atoms with Crippen LogP contribution in [0.4, 0.5) is 0 Å². The lowest BCUT2D eigenvalue weighted by Crippen LogP contribution is -2.62. The lowest BCUT2D eigenvalue weighted by molar-refractivity contribution is -0.277. The van der Waals surface area contributed by atoms with E-state index in [0.717, 1.165) is 0 Å². The van der Waals surface area contributed by atoms with Crippen LogP contribution in [0.25, 0.3) is 0 Å². The lowest BCUT2D eigenvalue weighted by atomic mass is 9.98. The molecule has 0 aliphatic carbocycles. The molecular formula is C6H13NO8P-. The molecule has 0 spiro atoms. The summed E-state index contributed by atoms with van der Waals surface area (Å²) in [6.45, 7) is -0.667. The van der Waals surface area contributed by atoms with Gasteiger partial charge in [-0.2, -0.15) is 0 Å². The van der Waals surface area contributed by atoms with Gasteiger partial charge < -0.3 is 35.6 Å². The quantitative estimate of drug-likeness (QED) is 0.319. The molecule has 10 heteroatoms. The molecule has 1 rings (SSSR count). The van der Waals surface area contributed by atoms with Crippen molar-refractivity contribution in [3.63, 3.8) is 0 Å². The van der Waals surface area contributed by atoms with E-state index in [1.807, 2.05) is 0 Å². The molecule has 6 N–H and O–H groups in total. The Labute approximate surface area is 90.6 Å². The maximum Gasteiger partial charge on any atom is 0.267 e. The molecule has 0 aromatic heterocycles. The van der Waals surface area contributed by atoms with Gasteiger partial charge in [0.1, 0.15) is 18.3 Å². The maximum absolute atomic E-state index is 10.4. The van der Waals surface area contributed by atoms with Crippen LogP contribution >= 0.6 is 7.82 Å². The Morgan fingerprint density at radius 2 is 2.00 bits per heavy atom. The molecular weight excluding hydrogens is 245 g/mol. The van der Waals surface area contributed by atoms with Gasteiger partial charge in [0.05, 0.1) is 12.6 Å². The summed E-state index contributed by atoms with van der Waals surface area (Å²) in [6.07, 6.45) is -5.91. The molecule has 0 bridgehead atoms. The maximum atomic E-state index is 10.4. The number of phosphoric acid groups is 1. The van der Waals surface area contributed by atoms with Crippen molar-refractivity contribution in [2.24, 2.45) is 5.73 Å². The van der Waals surface area contributed by atoms with Gasteiger partial charge in [-0.25, -0.2) is 0 Å². The van der Waals surface area contributed by atoms with E-state index in [0.29, 0.717) is 0 Å². The Balaban J connectivity index is 2.75. The van der Waals surface area contributed by atoms with E-state index >= 15 is 0 Å². The molecule has 0 aromatic carbocycles. The van der Waals surface area contributed by atoms with Crippen molar-refractivity contribution in [2.75, 3.05) is 6.61 Å². The second-order valence-electron chi connectivity index (χ2n) is 3.36. The Morgan fingerprint density at radius 1 is 1.44 bits per heavy atom. The molecule has 9 nitrogen and oxygen atoms in total. The second kappa shape index (κ2) is 5.05. The number of aliphatic hydroxyl groups is 3. The largest absolute Gasteiger partial charge is 0.756 e. The Hall–Kier alpha value is -0.0900. The molecule has 3 unspecified atom stereocenters. The fourth-order valence-electron chi connectivity index (χ4n) is 1.33. The van der Waals surface area contributed by atoms with Crippen LogP contribution in [0.2, 0.25) is 0 Å². The molecule has 0 radical (unpaired) electrons. The monoisotopic (exact) mass is 258 g/mol. The van der Waals surface area contributed by atoms with Gasteiger partial charge in [0, 0.05) is 0 Å². The molecule has 1 heterocycles. The number of phosphoric ester groups is 1. The second-order valence-corrected chi connectivity index (χ2v) is 4.51. The van der Waals surface area contributed by atoms with Gasteiger partial charge in [-0.1, -0.05) is 0 Å². The van der Waals surface area contributed by atoms with Gasteiger partial charge in [-0.15, -0.1) is 0 Å². The molecule has 1 aliphatic rings. The Kier molecular flexibility index (Phi) is 4.41. The highest BCUT2D eigenvalue weighted by Crippen LogP contribution is 2.36. The van der Waals surface area contributed by atoms with Crippen LogP contribution in [-0.4, -0.2) is 57.5 Å². The van der Waals surface area contributed by atoms with Crippen molar-refractivity contribution < 1.29 is 38.9 Å². The van der Waals surface area contributed by atoms with Gasteiger partial charge >= 0.3 is 0 Å². The summed E-state index contributed by atoms with van der Waals surface area (Å²) in [7, 11) is -5.08.